The van der Waals surface area contributed by atoms with E-state index in [-0.39, 0.29) is 29.5 Å². The normalized spacial score (nSPS) is 11.5. The molecule has 0 saturated carbocycles. The Morgan fingerprint density at radius 3 is 2.00 bits per heavy atom. The Hall–Kier alpha value is -2.48. The number of hydrogen-bond acceptors (Lipinski definition) is 2. The minimum atomic E-state index is -0.199. The van der Waals surface area contributed by atoms with Crippen LogP contribution in [-0.2, 0) is 16.0 Å². The second-order valence-corrected chi connectivity index (χ2v) is 5.57. The third-order valence-electron chi connectivity index (χ3n) is 3.41. The molecule has 0 heterocycles. The number of ketones is 2. The third kappa shape index (κ3) is 4.26. The Balaban J connectivity index is 2.30. The highest BCUT2D eigenvalue weighted by Crippen LogP contribution is 2.15. The van der Waals surface area contributed by atoms with Crippen LogP contribution >= 0.6 is 0 Å². The average Bonchev–Trinajstić information content (AvgIpc) is 2.53. The van der Waals surface area contributed by atoms with E-state index >= 15 is 0 Å². The fourth-order valence-corrected chi connectivity index (χ4v) is 2.19. The van der Waals surface area contributed by atoms with Crippen LogP contribution in [0, 0.1) is 5.92 Å². The maximum absolute atomic E-state index is 12.6. The van der Waals surface area contributed by atoms with Crippen LogP contribution in [-0.4, -0.2) is 11.6 Å². The van der Waals surface area contributed by atoms with Gasteiger partial charge in [-0.3, -0.25) is 9.59 Å². The second kappa shape index (κ2) is 7.51. The van der Waals surface area contributed by atoms with E-state index in [0.29, 0.717) is 0 Å². The van der Waals surface area contributed by atoms with Crippen molar-refractivity contribution >= 4 is 17.6 Å². The summed E-state index contributed by atoms with van der Waals surface area (Å²) in [6.07, 6.45) is 1.95. The lowest BCUT2D eigenvalue weighted by Gasteiger charge is -2.09. The summed E-state index contributed by atoms with van der Waals surface area (Å²) < 4.78 is 0. The van der Waals surface area contributed by atoms with Crippen molar-refractivity contribution in [2.24, 2.45) is 5.92 Å². The summed E-state index contributed by atoms with van der Waals surface area (Å²) in [7, 11) is 0. The van der Waals surface area contributed by atoms with Crippen molar-refractivity contribution in [2.75, 3.05) is 0 Å². The molecular formula is C20H20O2. The van der Waals surface area contributed by atoms with Gasteiger partial charge in [-0.2, -0.15) is 0 Å². The molecular weight excluding hydrogens is 272 g/mol. The van der Waals surface area contributed by atoms with E-state index in [1.54, 1.807) is 6.08 Å². The van der Waals surface area contributed by atoms with Crippen LogP contribution in [0.25, 0.3) is 6.08 Å². The highest BCUT2D eigenvalue weighted by atomic mass is 16.1. The van der Waals surface area contributed by atoms with E-state index in [9.17, 15) is 9.59 Å². The lowest BCUT2D eigenvalue weighted by molar-refractivity contribution is -0.122. The van der Waals surface area contributed by atoms with Crippen LogP contribution in [0.2, 0.25) is 0 Å². The van der Waals surface area contributed by atoms with Crippen molar-refractivity contribution < 1.29 is 9.59 Å². The molecule has 2 rings (SSSR count). The van der Waals surface area contributed by atoms with E-state index in [4.69, 9.17) is 0 Å². The van der Waals surface area contributed by atoms with Crippen LogP contribution in [0.1, 0.15) is 25.0 Å². The van der Waals surface area contributed by atoms with Gasteiger partial charge in [0, 0.05) is 12.3 Å². The standard InChI is InChI=1S/C20H20O2/c1-15(2)20(22)18(13-16-9-5-3-6-10-16)19(21)14-17-11-7-4-8-12-17/h3-13,15H,14H2,1-2H3/b18-13-. The van der Waals surface area contributed by atoms with E-state index < -0.39 is 0 Å². The maximum atomic E-state index is 12.6. The van der Waals surface area contributed by atoms with Crippen LogP contribution in [0.3, 0.4) is 0 Å². The molecule has 0 bridgehead atoms. The number of carbonyl (C=O) groups excluding carboxylic acids is 2. The monoisotopic (exact) mass is 292 g/mol. The van der Waals surface area contributed by atoms with E-state index in [0.717, 1.165) is 11.1 Å². The minimum Gasteiger partial charge on any atom is -0.294 e. The lowest BCUT2D eigenvalue weighted by Crippen LogP contribution is -2.19. The van der Waals surface area contributed by atoms with Gasteiger partial charge in [0.1, 0.15) is 0 Å². The Bertz CT molecular complexity index is 667. The zero-order valence-electron chi connectivity index (χ0n) is 13.0. The molecule has 0 aliphatic rings. The molecule has 2 heteroatoms. The van der Waals surface area contributed by atoms with Crippen molar-refractivity contribution in [3.8, 4) is 0 Å². The molecule has 0 spiro atoms. The Kier molecular flexibility index (Phi) is 5.42. The predicted octanol–water partition coefficient (Wildman–Crippen LogP) is 4.11. The average molecular weight is 292 g/mol. The molecule has 22 heavy (non-hydrogen) atoms. The van der Waals surface area contributed by atoms with Crippen LogP contribution in [0.5, 0.6) is 0 Å². The van der Waals surface area contributed by atoms with Gasteiger partial charge < -0.3 is 0 Å². The first-order chi connectivity index (χ1) is 10.6. The van der Waals surface area contributed by atoms with Crippen LogP contribution in [0.15, 0.2) is 66.2 Å². The Morgan fingerprint density at radius 1 is 0.909 bits per heavy atom. The van der Waals surface area contributed by atoms with E-state index in [1.165, 1.54) is 0 Å². The number of benzene rings is 2. The molecule has 2 aromatic rings. The molecule has 0 aliphatic heterocycles. The third-order valence-corrected chi connectivity index (χ3v) is 3.41. The van der Waals surface area contributed by atoms with Gasteiger partial charge in [0.2, 0.25) is 0 Å². The van der Waals surface area contributed by atoms with Gasteiger partial charge in [-0.05, 0) is 17.2 Å². The van der Waals surface area contributed by atoms with Crippen molar-refractivity contribution in [3.05, 3.63) is 77.4 Å². The zero-order chi connectivity index (χ0) is 15.9. The molecule has 0 aromatic heterocycles. The summed E-state index contributed by atoms with van der Waals surface area (Å²) in [4.78, 5) is 25.0. The molecule has 2 nitrogen and oxygen atoms in total. The SMILES string of the molecule is CC(C)C(=O)/C(=C\c1ccccc1)C(=O)Cc1ccccc1. The first-order valence-electron chi connectivity index (χ1n) is 7.46. The molecule has 0 saturated heterocycles. The van der Waals surface area contributed by atoms with Gasteiger partial charge in [0.05, 0.1) is 5.57 Å². The van der Waals surface area contributed by atoms with Crippen LogP contribution < -0.4 is 0 Å². The molecule has 0 aliphatic carbocycles. The fraction of sp³-hybridized carbons (Fsp3) is 0.200. The van der Waals surface area contributed by atoms with E-state index in [1.807, 2.05) is 74.5 Å². The summed E-state index contributed by atoms with van der Waals surface area (Å²) in [6, 6.07) is 19.0. The van der Waals surface area contributed by atoms with Gasteiger partial charge in [-0.25, -0.2) is 0 Å². The van der Waals surface area contributed by atoms with Gasteiger partial charge in [-0.15, -0.1) is 0 Å². The number of allylic oxidation sites excluding steroid dienone is 1. The predicted molar refractivity (Wildman–Crippen MR) is 89.4 cm³/mol. The molecule has 0 fully saturated rings. The van der Waals surface area contributed by atoms with Crippen molar-refractivity contribution in [1.29, 1.82) is 0 Å². The summed E-state index contributed by atoms with van der Waals surface area (Å²) in [5, 5.41) is 0. The Morgan fingerprint density at radius 2 is 1.45 bits per heavy atom. The van der Waals surface area contributed by atoms with Crippen LogP contribution in [0.4, 0.5) is 0 Å². The summed E-state index contributed by atoms with van der Waals surface area (Å²) >= 11 is 0. The zero-order valence-corrected chi connectivity index (χ0v) is 13.0. The minimum absolute atomic E-state index is 0.107. The molecule has 0 radical (unpaired) electrons. The number of rotatable bonds is 6. The molecule has 0 unspecified atom stereocenters. The number of carbonyl (C=O) groups is 2. The second-order valence-electron chi connectivity index (χ2n) is 5.57. The molecule has 0 amide bonds. The lowest BCUT2D eigenvalue weighted by atomic mass is 9.92. The smallest absolute Gasteiger partial charge is 0.170 e. The Labute approximate surface area is 131 Å². The molecule has 0 atom stereocenters. The fourth-order valence-electron chi connectivity index (χ4n) is 2.19. The van der Waals surface area contributed by atoms with Crippen molar-refractivity contribution in [3.63, 3.8) is 0 Å². The highest BCUT2D eigenvalue weighted by Gasteiger charge is 2.20. The number of hydrogen-bond donors (Lipinski definition) is 0. The van der Waals surface area contributed by atoms with E-state index in [2.05, 4.69) is 0 Å². The summed E-state index contributed by atoms with van der Waals surface area (Å²) in [6.45, 7) is 3.63. The van der Waals surface area contributed by atoms with Crippen molar-refractivity contribution in [2.45, 2.75) is 20.3 Å². The molecule has 2 aromatic carbocycles. The van der Waals surface area contributed by atoms with Gasteiger partial charge in [0.25, 0.3) is 0 Å². The number of Topliss-reactive ketones (excluding diaryl/α,β-unsaturated/α-hetero) is 2. The maximum Gasteiger partial charge on any atom is 0.170 e. The first kappa shape index (κ1) is 15.9. The summed E-state index contributed by atoms with van der Waals surface area (Å²) in [5.41, 5.74) is 2.07. The largest absolute Gasteiger partial charge is 0.294 e. The quantitative estimate of drug-likeness (QED) is 0.456. The topological polar surface area (TPSA) is 34.1 Å². The van der Waals surface area contributed by atoms with Gasteiger partial charge >= 0.3 is 0 Å². The highest BCUT2D eigenvalue weighted by molar-refractivity contribution is 6.24. The first-order valence-corrected chi connectivity index (χ1v) is 7.46. The summed E-state index contributed by atoms with van der Waals surface area (Å²) in [5.74, 6) is -0.437. The molecule has 0 N–H and O–H groups in total. The van der Waals surface area contributed by atoms with Gasteiger partial charge in [-0.1, -0.05) is 74.5 Å². The van der Waals surface area contributed by atoms with Gasteiger partial charge in [0.15, 0.2) is 11.6 Å². The van der Waals surface area contributed by atoms with Crippen molar-refractivity contribution in [1.82, 2.24) is 0 Å². The molecule has 112 valence electrons.